The molecule has 0 aromatic heterocycles. The fraction of sp³-hybridized carbons (Fsp3) is 0.429. The van der Waals surface area contributed by atoms with Gasteiger partial charge in [0.25, 0.3) is 0 Å². The summed E-state index contributed by atoms with van der Waals surface area (Å²) in [5, 5.41) is 9.25. The lowest BCUT2D eigenvalue weighted by molar-refractivity contribution is -0.116. The van der Waals surface area contributed by atoms with E-state index in [0.29, 0.717) is 17.1 Å². The van der Waals surface area contributed by atoms with Gasteiger partial charge in [-0.25, -0.2) is 4.79 Å². The minimum Gasteiger partial charge on any atom is -0.489 e. The van der Waals surface area contributed by atoms with Gasteiger partial charge in [0.2, 0.25) is 5.91 Å². The Morgan fingerprint density at radius 1 is 1.52 bits per heavy atom. The van der Waals surface area contributed by atoms with Crippen LogP contribution in [0.15, 0.2) is 18.2 Å². The number of hydrogen-bond acceptors (Lipinski definition) is 5. The van der Waals surface area contributed by atoms with Crippen LogP contribution in [0, 0.1) is 0 Å². The van der Waals surface area contributed by atoms with Crippen LogP contribution in [0.4, 0.5) is 16.2 Å². The molecule has 2 aliphatic heterocycles. The molecule has 112 valence electrons. The van der Waals surface area contributed by atoms with Crippen molar-refractivity contribution in [1.29, 1.82) is 0 Å². The monoisotopic (exact) mass is 292 g/mol. The van der Waals surface area contributed by atoms with Crippen LogP contribution >= 0.6 is 0 Å². The van der Waals surface area contributed by atoms with Crippen LogP contribution in [-0.2, 0) is 9.53 Å². The largest absolute Gasteiger partial charge is 0.489 e. The van der Waals surface area contributed by atoms with Gasteiger partial charge in [-0.2, -0.15) is 0 Å². The summed E-state index contributed by atoms with van der Waals surface area (Å²) in [6.45, 7) is 1.48. The predicted octanol–water partition coefficient (Wildman–Crippen LogP) is 0.748. The number of carbonyl (C=O) groups excluding carboxylic acids is 2. The summed E-state index contributed by atoms with van der Waals surface area (Å²) in [5.74, 6) is 0.428. The van der Waals surface area contributed by atoms with Gasteiger partial charge in [0.15, 0.2) is 6.10 Å². The Bertz CT molecular complexity index is 603. The maximum atomic E-state index is 11.9. The lowest BCUT2D eigenvalue weighted by Crippen LogP contribution is -2.45. The molecule has 3 rings (SSSR count). The number of fused-ring (bicyclic) bond motifs is 3. The minimum absolute atomic E-state index is 0.0930. The van der Waals surface area contributed by atoms with Crippen molar-refractivity contribution in [2.75, 3.05) is 30.1 Å². The lowest BCUT2D eigenvalue weighted by Gasteiger charge is -2.31. The molecule has 0 aliphatic carbocycles. The number of benzene rings is 1. The topological polar surface area (TPSA) is 79.3 Å². The Labute approximate surface area is 121 Å². The van der Waals surface area contributed by atoms with Crippen molar-refractivity contribution >= 4 is 23.4 Å². The third kappa shape index (κ3) is 2.09. The Kier molecular flexibility index (Phi) is 3.21. The Morgan fingerprint density at radius 2 is 2.29 bits per heavy atom. The van der Waals surface area contributed by atoms with E-state index < -0.39 is 12.2 Å². The summed E-state index contributed by atoms with van der Waals surface area (Å²) in [5.41, 5.74) is 1.28. The Morgan fingerprint density at radius 3 is 2.95 bits per heavy atom. The first-order valence-corrected chi connectivity index (χ1v) is 6.64. The number of amides is 2. The van der Waals surface area contributed by atoms with E-state index >= 15 is 0 Å². The zero-order chi connectivity index (χ0) is 15.1. The molecule has 1 aromatic carbocycles. The number of aliphatic hydroxyl groups excluding tert-OH is 1. The van der Waals surface area contributed by atoms with Gasteiger partial charge in [0, 0.05) is 25.7 Å². The summed E-state index contributed by atoms with van der Waals surface area (Å²) in [6, 6.07) is 4.85. The molecule has 1 N–H and O–H groups in total. The number of anilines is 2. The molecule has 0 bridgehead atoms. The van der Waals surface area contributed by atoms with Crippen molar-refractivity contribution in [2.24, 2.45) is 0 Å². The smallest absolute Gasteiger partial charge is 0.415 e. The first kappa shape index (κ1) is 13.7. The number of carbonyl (C=O) groups is 2. The van der Waals surface area contributed by atoms with Crippen LogP contribution in [0.2, 0.25) is 0 Å². The molecule has 2 aliphatic rings. The second kappa shape index (κ2) is 4.92. The number of hydrogen-bond donors (Lipinski definition) is 1. The summed E-state index contributed by atoms with van der Waals surface area (Å²) >= 11 is 0. The molecule has 1 aromatic rings. The van der Waals surface area contributed by atoms with Gasteiger partial charge in [-0.05, 0) is 12.1 Å². The standard InChI is InChI=1S/C14H16N2O5/c1-8(18)15(2)9-3-4-10-12(5-9)20-7-11-13(6-17)21-14(19)16(10)11/h3-5,11,13,17H,6-7H2,1-2H3/t11-,13-/m0/s1. The van der Waals surface area contributed by atoms with E-state index in [1.54, 1.807) is 25.2 Å². The van der Waals surface area contributed by atoms with Gasteiger partial charge in [0.05, 0.1) is 12.3 Å². The van der Waals surface area contributed by atoms with Gasteiger partial charge in [-0.15, -0.1) is 0 Å². The van der Waals surface area contributed by atoms with Crippen molar-refractivity contribution < 1.29 is 24.2 Å². The second-order valence-corrected chi connectivity index (χ2v) is 5.08. The zero-order valence-corrected chi connectivity index (χ0v) is 11.8. The average Bonchev–Trinajstić information content (AvgIpc) is 2.82. The van der Waals surface area contributed by atoms with E-state index in [1.807, 2.05) is 0 Å². The summed E-state index contributed by atoms with van der Waals surface area (Å²) in [4.78, 5) is 26.3. The van der Waals surface area contributed by atoms with Crippen LogP contribution in [0.25, 0.3) is 0 Å². The molecule has 7 nitrogen and oxygen atoms in total. The maximum absolute atomic E-state index is 11.9. The molecule has 2 amide bonds. The molecule has 0 radical (unpaired) electrons. The Balaban J connectivity index is 1.96. The second-order valence-electron chi connectivity index (χ2n) is 5.08. The van der Waals surface area contributed by atoms with Crippen molar-refractivity contribution in [3.05, 3.63) is 18.2 Å². The van der Waals surface area contributed by atoms with Crippen molar-refractivity contribution in [3.63, 3.8) is 0 Å². The van der Waals surface area contributed by atoms with Gasteiger partial charge in [0.1, 0.15) is 18.4 Å². The SMILES string of the molecule is CC(=O)N(C)c1ccc2c(c1)OC[C@H]1[C@H](CO)OC(=O)N21. The van der Waals surface area contributed by atoms with Crippen LogP contribution in [-0.4, -0.2) is 49.5 Å². The van der Waals surface area contributed by atoms with Gasteiger partial charge < -0.3 is 19.5 Å². The summed E-state index contributed by atoms with van der Waals surface area (Å²) in [6.07, 6.45) is -1.07. The van der Waals surface area contributed by atoms with Gasteiger partial charge in [-0.1, -0.05) is 0 Å². The average molecular weight is 292 g/mol. The number of aliphatic hydroxyl groups is 1. The van der Waals surface area contributed by atoms with E-state index in [0.717, 1.165) is 0 Å². The van der Waals surface area contributed by atoms with E-state index in [4.69, 9.17) is 9.47 Å². The molecule has 21 heavy (non-hydrogen) atoms. The molecule has 7 heteroatoms. The van der Waals surface area contributed by atoms with Gasteiger partial charge >= 0.3 is 6.09 Å². The first-order chi connectivity index (χ1) is 10.0. The lowest BCUT2D eigenvalue weighted by atomic mass is 10.1. The number of cyclic esters (lactones) is 1. The fourth-order valence-corrected chi connectivity index (χ4v) is 2.57. The molecule has 1 fully saturated rings. The minimum atomic E-state index is -0.579. The molecular weight excluding hydrogens is 276 g/mol. The summed E-state index contributed by atoms with van der Waals surface area (Å²) in [7, 11) is 1.67. The van der Waals surface area contributed by atoms with Crippen molar-refractivity contribution in [2.45, 2.75) is 19.1 Å². The Hall–Kier alpha value is -2.28. The normalized spacial score (nSPS) is 23.0. The molecule has 2 heterocycles. The zero-order valence-electron chi connectivity index (χ0n) is 11.8. The third-order valence-electron chi connectivity index (χ3n) is 3.86. The molecule has 0 spiro atoms. The molecule has 2 atom stereocenters. The highest BCUT2D eigenvalue weighted by Crippen LogP contribution is 2.40. The molecule has 1 saturated heterocycles. The first-order valence-electron chi connectivity index (χ1n) is 6.64. The van der Waals surface area contributed by atoms with Crippen LogP contribution in [0.1, 0.15) is 6.92 Å². The highest BCUT2D eigenvalue weighted by molar-refractivity contribution is 5.95. The third-order valence-corrected chi connectivity index (χ3v) is 3.86. The molecule has 0 saturated carbocycles. The van der Waals surface area contributed by atoms with E-state index in [1.165, 1.54) is 16.7 Å². The fourth-order valence-electron chi connectivity index (χ4n) is 2.57. The van der Waals surface area contributed by atoms with E-state index in [2.05, 4.69) is 0 Å². The van der Waals surface area contributed by atoms with Crippen molar-refractivity contribution in [3.8, 4) is 5.75 Å². The maximum Gasteiger partial charge on any atom is 0.415 e. The number of rotatable bonds is 2. The predicted molar refractivity (Wildman–Crippen MR) is 74.6 cm³/mol. The van der Waals surface area contributed by atoms with Crippen LogP contribution in [0.3, 0.4) is 0 Å². The van der Waals surface area contributed by atoms with E-state index in [-0.39, 0.29) is 25.2 Å². The summed E-state index contributed by atoms with van der Waals surface area (Å²) < 4.78 is 10.8. The highest BCUT2D eigenvalue weighted by atomic mass is 16.6. The molecular formula is C14H16N2O5. The van der Waals surface area contributed by atoms with E-state index in [9.17, 15) is 14.7 Å². The number of ether oxygens (including phenoxy) is 2. The quantitative estimate of drug-likeness (QED) is 0.870. The molecule has 0 unspecified atom stereocenters. The van der Waals surface area contributed by atoms with Crippen LogP contribution < -0.4 is 14.5 Å². The van der Waals surface area contributed by atoms with Crippen LogP contribution in [0.5, 0.6) is 5.75 Å². The number of nitrogens with zero attached hydrogens (tertiary/aromatic N) is 2. The van der Waals surface area contributed by atoms with Crippen molar-refractivity contribution in [1.82, 2.24) is 0 Å². The highest BCUT2D eigenvalue weighted by Gasteiger charge is 2.46. The van der Waals surface area contributed by atoms with Gasteiger partial charge in [-0.3, -0.25) is 9.69 Å².